The van der Waals surface area contributed by atoms with Gasteiger partial charge in [0, 0.05) is 6.42 Å². The van der Waals surface area contributed by atoms with E-state index in [9.17, 15) is 24.0 Å². The normalized spacial score (nSPS) is 13.4. The van der Waals surface area contributed by atoms with E-state index < -0.39 is 67.3 Å². The minimum absolute atomic E-state index is 0.0193. The Morgan fingerprint density at radius 1 is 0.933 bits per heavy atom. The number of rotatable bonds is 12. The second kappa shape index (κ2) is 12.1. The van der Waals surface area contributed by atoms with Crippen LogP contribution in [0.25, 0.3) is 0 Å². The summed E-state index contributed by atoms with van der Waals surface area (Å²) >= 11 is 0. The topological polar surface area (TPSA) is 214 Å². The van der Waals surface area contributed by atoms with E-state index in [1.54, 1.807) is 30.3 Å². The van der Waals surface area contributed by atoms with Crippen LogP contribution in [-0.2, 0) is 30.4 Å². The van der Waals surface area contributed by atoms with Gasteiger partial charge in [0.05, 0.1) is 13.0 Å². The van der Waals surface area contributed by atoms with Crippen LogP contribution in [0.3, 0.4) is 0 Å². The summed E-state index contributed by atoms with van der Waals surface area (Å²) in [5.41, 5.74) is 11.2. The van der Waals surface area contributed by atoms with E-state index in [0.717, 1.165) is 0 Å². The lowest BCUT2D eigenvalue weighted by Crippen LogP contribution is -2.57. The number of aliphatic carboxylic acids is 1. The van der Waals surface area contributed by atoms with Crippen molar-refractivity contribution in [2.75, 3.05) is 13.2 Å². The molecule has 30 heavy (non-hydrogen) atoms. The Morgan fingerprint density at radius 3 is 2.07 bits per heavy atom. The summed E-state index contributed by atoms with van der Waals surface area (Å²) in [4.78, 5) is 58.9. The van der Waals surface area contributed by atoms with E-state index in [4.69, 9.17) is 21.7 Å². The number of carbonyl (C=O) groups is 5. The van der Waals surface area contributed by atoms with Gasteiger partial charge in [-0.1, -0.05) is 30.3 Å². The van der Waals surface area contributed by atoms with Gasteiger partial charge < -0.3 is 37.6 Å². The van der Waals surface area contributed by atoms with Crippen molar-refractivity contribution in [3.63, 3.8) is 0 Å². The molecule has 1 rings (SSSR count). The molecule has 12 heteroatoms. The molecule has 0 spiro atoms. The van der Waals surface area contributed by atoms with Crippen LogP contribution in [0.2, 0.25) is 0 Å². The summed E-state index contributed by atoms with van der Waals surface area (Å²) in [5.74, 6) is -4.74. The molecule has 12 nitrogen and oxygen atoms in total. The highest BCUT2D eigenvalue weighted by molar-refractivity contribution is 5.96. The third-order valence-corrected chi connectivity index (χ3v) is 3.90. The monoisotopic (exact) mass is 423 g/mol. The van der Waals surface area contributed by atoms with Crippen molar-refractivity contribution >= 4 is 29.6 Å². The van der Waals surface area contributed by atoms with Gasteiger partial charge in [0.2, 0.25) is 23.6 Å². The quantitative estimate of drug-likeness (QED) is 0.179. The van der Waals surface area contributed by atoms with Gasteiger partial charge in [-0.25, -0.2) is 0 Å². The lowest BCUT2D eigenvalue weighted by atomic mass is 10.0. The predicted octanol–water partition coefficient (Wildman–Crippen LogP) is -3.41. The number of primary amides is 1. The number of aliphatic hydroxyl groups excluding tert-OH is 1. The third-order valence-electron chi connectivity index (χ3n) is 3.90. The fourth-order valence-corrected chi connectivity index (χ4v) is 2.39. The van der Waals surface area contributed by atoms with Gasteiger partial charge in [0.25, 0.3) is 0 Å². The number of hydrogen-bond acceptors (Lipinski definition) is 7. The molecule has 164 valence electrons. The zero-order valence-corrected chi connectivity index (χ0v) is 16.0. The summed E-state index contributed by atoms with van der Waals surface area (Å²) in [5, 5.41) is 24.4. The van der Waals surface area contributed by atoms with Crippen LogP contribution in [-0.4, -0.2) is 71.1 Å². The summed E-state index contributed by atoms with van der Waals surface area (Å²) in [6.45, 7) is -1.35. The number of nitrogens with two attached hydrogens (primary N) is 2. The van der Waals surface area contributed by atoms with Crippen LogP contribution in [0, 0.1) is 0 Å². The minimum atomic E-state index is -1.45. The molecule has 1 aromatic rings. The molecule has 0 saturated heterocycles. The van der Waals surface area contributed by atoms with Crippen molar-refractivity contribution in [1.82, 2.24) is 16.0 Å². The van der Waals surface area contributed by atoms with Gasteiger partial charge in [0.15, 0.2) is 0 Å². The largest absolute Gasteiger partial charge is 0.480 e. The maximum Gasteiger partial charge on any atom is 0.322 e. The van der Waals surface area contributed by atoms with Gasteiger partial charge in [-0.3, -0.25) is 24.0 Å². The fraction of sp³-hybridized carbons (Fsp3) is 0.389. The molecule has 0 saturated carbocycles. The fourth-order valence-electron chi connectivity index (χ4n) is 2.39. The van der Waals surface area contributed by atoms with Crippen LogP contribution in [0.1, 0.15) is 12.0 Å². The lowest BCUT2D eigenvalue weighted by molar-refractivity contribution is -0.138. The second-order valence-electron chi connectivity index (χ2n) is 6.38. The number of aliphatic hydroxyl groups is 1. The maximum atomic E-state index is 12.6. The average Bonchev–Trinajstić information content (AvgIpc) is 2.70. The number of nitrogens with one attached hydrogen (secondary N) is 3. The first kappa shape index (κ1) is 24.5. The molecule has 1 aromatic carbocycles. The third kappa shape index (κ3) is 8.67. The Labute approximate surface area is 172 Å². The molecule has 0 bridgehead atoms. The van der Waals surface area contributed by atoms with Gasteiger partial charge in [-0.15, -0.1) is 0 Å². The van der Waals surface area contributed by atoms with E-state index in [-0.39, 0.29) is 6.42 Å². The van der Waals surface area contributed by atoms with Crippen molar-refractivity contribution in [3.8, 4) is 0 Å². The molecule has 0 aliphatic carbocycles. The number of benzene rings is 1. The Morgan fingerprint density at radius 2 is 1.53 bits per heavy atom. The van der Waals surface area contributed by atoms with E-state index in [1.165, 1.54) is 0 Å². The molecule has 3 unspecified atom stereocenters. The van der Waals surface area contributed by atoms with Gasteiger partial charge in [0.1, 0.15) is 24.7 Å². The van der Waals surface area contributed by atoms with Crippen molar-refractivity contribution in [3.05, 3.63) is 35.9 Å². The molecule has 0 aliphatic rings. The molecule has 0 aromatic heterocycles. The van der Waals surface area contributed by atoms with Crippen LogP contribution in [0.15, 0.2) is 30.3 Å². The van der Waals surface area contributed by atoms with Gasteiger partial charge in [-0.05, 0) is 5.56 Å². The minimum Gasteiger partial charge on any atom is -0.480 e. The van der Waals surface area contributed by atoms with Crippen molar-refractivity contribution in [1.29, 1.82) is 0 Å². The lowest BCUT2D eigenvalue weighted by Gasteiger charge is -2.23. The number of carbonyl (C=O) groups excluding carboxylic acids is 4. The second-order valence-corrected chi connectivity index (χ2v) is 6.38. The first-order chi connectivity index (χ1) is 14.1. The smallest absolute Gasteiger partial charge is 0.322 e. The molecule has 9 N–H and O–H groups in total. The molecular formula is C18H25N5O7. The Bertz CT molecular complexity index is 771. The summed E-state index contributed by atoms with van der Waals surface area (Å²) in [7, 11) is 0. The SMILES string of the molecule is NC(=O)CC(NC(=O)C(N)CO)C(=O)NC(Cc1ccccc1)C(=O)NCC(=O)O. The zero-order valence-electron chi connectivity index (χ0n) is 16.0. The first-order valence-electron chi connectivity index (χ1n) is 8.93. The van der Waals surface area contributed by atoms with Crippen LogP contribution in [0.5, 0.6) is 0 Å². The number of amides is 4. The standard InChI is InChI=1S/C18H25N5O7/c19-11(9-24)16(28)22-13(7-14(20)25)18(30)23-12(17(29)21-8-15(26)27)6-10-4-2-1-3-5-10/h1-5,11-13,24H,6-9,19H2,(H2,20,25)(H,21,29)(H,22,28)(H,23,30)(H,26,27). The molecule has 3 atom stereocenters. The zero-order chi connectivity index (χ0) is 22.7. The van der Waals surface area contributed by atoms with E-state index in [1.807, 2.05) is 0 Å². The highest BCUT2D eigenvalue weighted by Crippen LogP contribution is 2.05. The van der Waals surface area contributed by atoms with Crippen LogP contribution >= 0.6 is 0 Å². The van der Waals surface area contributed by atoms with Crippen LogP contribution < -0.4 is 27.4 Å². The Kier molecular flexibility index (Phi) is 9.92. The van der Waals surface area contributed by atoms with Crippen molar-refractivity contribution in [2.24, 2.45) is 11.5 Å². The van der Waals surface area contributed by atoms with E-state index >= 15 is 0 Å². The highest BCUT2D eigenvalue weighted by Gasteiger charge is 2.29. The molecular weight excluding hydrogens is 398 g/mol. The Balaban J connectivity index is 2.98. The molecule has 0 heterocycles. The molecule has 0 radical (unpaired) electrons. The highest BCUT2D eigenvalue weighted by atomic mass is 16.4. The maximum absolute atomic E-state index is 12.6. The number of carboxylic acid groups (broad SMARTS) is 1. The Hall–Kier alpha value is -3.51. The van der Waals surface area contributed by atoms with Crippen molar-refractivity contribution < 1.29 is 34.2 Å². The van der Waals surface area contributed by atoms with Gasteiger partial charge in [-0.2, -0.15) is 0 Å². The van der Waals surface area contributed by atoms with Crippen molar-refractivity contribution in [2.45, 2.75) is 31.0 Å². The summed E-state index contributed by atoms with van der Waals surface area (Å²) in [6, 6.07) is 4.62. The predicted molar refractivity (Wildman–Crippen MR) is 104 cm³/mol. The summed E-state index contributed by atoms with van der Waals surface area (Å²) < 4.78 is 0. The van der Waals surface area contributed by atoms with E-state index in [2.05, 4.69) is 16.0 Å². The summed E-state index contributed by atoms with van der Waals surface area (Å²) in [6.07, 6.45) is -0.560. The first-order valence-corrected chi connectivity index (χ1v) is 8.93. The average molecular weight is 423 g/mol. The molecule has 0 fully saturated rings. The van der Waals surface area contributed by atoms with E-state index in [0.29, 0.717) is 5.56 Å². The van der Waals surface area contributed by atoms with Gasteiger partial charge >= 0.3 is 5.97 Å². The number of carboxylic acids is 1. The molecule has 0 aliphatic heterocycles. The van der Waals surface area contributed by atoms with Crippen LogP contribution in [0.4, 0.5) is 0 Å². The number of hydrogen-bond donors (Lipinski definition) is 7. The molecule has 4 amide bonds.